The molecule has 1 aliphatic carbocycles. The first-order valence-corrected chi connectivity index (χ1v) is 7.87. The van der Waals surface area contributed by atoms with E-state index in [4.69, 9.17) is 0 Å². The van der Waals surface area contributed by atoms with E-state index in [1.807, 2.05) is 12.1 Å². The van der Waals surface area contributed by atoms with Crippen molar-refractivity contribution in [2.75, 3.05) is 6.54 Å². The van der Waals surface area contributed by atoms with Gasteiger partial charge >= 0.3 is 6.03 Å². The van der Waals surface area contributed by atoms with E-state index < -0.39 is 0 Å². The molecule has 3 amide bonds. The third-order valence-electron chi connectivity index (χ3n) is 4.63. The molecule has 0 spiro atoms. The number of hydrogen-bond acceptors (Lipinski definition) is 3. The Morgan fingerprint density at radius 1 is 1.25 bits per heavy atom. The largest absolute Gasteiger partial charge is 0.329 e. The topological polar surface area (TPSA) is 62.3 Å². The van der Waals surface area contributed by atoms with Crippen LogP contribution in [-0.4, -0.2) is 34.4 Å². The summed E-state index contributed by atoms with van der Waals surface area (Å²) in [5, 5.41) is 2.54. The van der Waals surface area contributed by atoms with Gasteiger partial charge in [-0.1, -0.05) is 6.07 Å². The summed E-state index contributed by atoms with van der Waals surface area (Å²) >= 11 is 0. The summed E-state index contributed by atoms with van der Waals surface area (Å²) < 4.78 is 13.4. The predicted molar refractivity (Wildman–Crippen MR) is 85.8 cm³/mol. The van der Waals surface area contributed by atoms with Gasteiger partial charge in [-0.05, 0) is 48.7 Å². The van der Waals surface area contributed by atoms with E-state index in [1.165, 1.54) is 11.0 Å². The lowest BCUT2D eigenvalue weighted by atomic mass is 10.1. The molecule has 1 saturated carbocycles. The van der Waals surface area contributed by atoms with Crippen LogP contribution in [0, 0.1) is 12.7 Å². The number of carbonyl (C=O) groups is 2. The van der Waals surface area contributed by atoms with Gasteiger partial charge in [-0.2, -0.15) is 0 Å². The quantitative estimate of drug-likeness (QED) is 0.882. The van der Waals surface area contributed by atoms with Gasteiger partial charge in [0.25, 0.3) is 0 Å². The van der Waals surface area contributed by atoms with Crippen LogP contribution in [0.5, 0.6) is 0 Å². The van der Waals surface area contributed by atoms with Crippen molar-refractivity contribution in [1.29, 1.82) is 0 Å². The summed E-state index contributed by atoms with van der Waals surface area (Å²) in [6.45, 7) is 1.81. The number of nitrogens with one attached hydrogen (secondary N) is 1. The van der Waals surface area contributed by atoms with Gasteiger partial charge in [-0.15, -0.1) is 0 Å². The van der Waals surface area contributed by atoms with E-state index in [1.54, 1.807) is 25.3 Å². The van der Waals surface area contributed by atoms with Gasteiger partial charge in [0.05, 0.1) is 12.2 Å². The lowest BCUT2D eigenvalue weighted by Crippen LogP contribution is -2.33. The number of carbonyl (C=O) groups excluding carboxylic acids is 2. The molecule has 2 fully saturated rings. The molecular weight excluding hydrogens is 309 g/mol. The Morgan fingerprint density at radius 3 is 2.71 bits per heavy atom. The van der Waals surface area contributed by atoms with Crippen molar-refractivity contribution in [3.63, 3.8) is 0 Å². The fraction of sp³-hybridized carbons (Fsp3) is 0.278. The Morgan fingerprint density at radius 2 is 2.08 bits per heavy atom. The third kappa shape index (κ3) is 2.44. The molecule has 4 rings (SSSR count). The van der Waals surface area contributed by atoms with Crippen molar-refractivity contribution in [3.8, 4) is 11.3 Å². The van der Waals surface area contributed by atoms with Gasteiger partial charge in [0, 0.05) is 23.7 Å². The maximum Gasteiger partial charge on any atom is 0.324 e. The Hall–Kier alpha value is -2.76. The standard InChI is InChI=1S/C18H16FN3O2/c1-10-6-11(2-4-14(10)19)15-5-3-12(8-20-15)13-7-16(13)22-17(23)9-21-18(22)24/h2-6,8,13,16H,7,9H2,1H3,(H,21,24)/t13-,16+/m1/s1. The van der Waals surface area contributed by atoms with Crippen LogP contribution in [0.3, 0.4) is 0 Å². The Kier molecular flexibility index (Phi) is 3.33. The van der Waals surface area contributed by atoms with Crippen molar-refractivity contribution < 1.29 is 14.0 Å². The normalized spacial score (nSPS) is 22.7. The molecule has 1 saturated heterocycles. The van der Waals surface area contributed by atoms with Crippen molar-refractivity contribution in [2.45, 2.75) is 25.3 Å². The van der Waals surface area contributed by atoms with Crippen LogP contribution in [0.4, 0.5) is 9.18 Å². The molecule has 0 bridgehead atoms. The Labute approximate surface area is 138 Å². The summed E-state index contributed by atoms with van der Waals surface area (Å²) in [5.74, 6) is -0.252. The average molecular weight is 325 g/mol. The molecule has 1 aliphatic heterocycles. The minimum absolute atomic E-state index is 0.0688. The van der Waals surface area contributed by atoms with E-state index in [0.29, 0.717) is 5.56 Å². The van der Waals surface area contributed by atoms with Crippen molar-refractivity contribution in [1.82, 2.24) is 15.2 Å². The second-order valence-corrected chi connectivity index (χ2v) is 6.27. The minimum Gasteiger partial charge on any atom is -0.329 e. The van der Waals surface area contributed by atoms with Crippen LogP contribution >= 0.6 is 0 Å². The zero-order chi connectivity index (χ0) is 16.8. The van der Waals surface area contributed by atoms with Gasteiger partial charge in [-0.3, -0.25) is 14.7 Å². The molecule has 2 atom stereocenters. The first-order chi connectivity index (χ1) is 11.5. The SMILES string of the molecule is Cc1cc(-c2ccc([C@H]3C[C@@H]3N3C(=O)CNC3=O)cn2)ccc1F. The highest BCUT2D eigenvalue weighted by molar-refractivity contribution is 6.02. The number of amides is 3. The molecule has 2 aromatic rings. The van der Waals surface area contributed by atoms with Crippen LogP contribution < -0.4 is 5.32 Å². The molecule has 1 aromatic heterocycles. The van der Waals surface area contributed by atoms with E-state index >= 15 is 0 Å². The highest BCUT2D eigenvalue weighted by atomic mass is 19.1. The molecular formula is C18H16FN3O2. The molecule has 2 heterocycles. The van der Waals surface area contributed by atoms with Gasteiger partial charge in [0.2, 0.25) is 5.91 Å². The van der Waals surface area contributed by atoms with E-state index in [9.17, 15) is 14.0 Å². The molecule has 5 nitrogen and oxygen atoms in total. The van der Waals surface area contributed by atoms with Crippen molar-refractivity contribution in [3.05, 3.63) is 53.5 Å². The fourth-order valence-electron chi connectivity index (χ4n) is 3.19. The molecule has 2 aliphatic rings. The van der Waals surface area contributed by atoms with Gasteiger partial charge < -0.3 is 5.32 Å². The predicted octanol–water partition coefficient (Wildman–Crippen LogP) is 2.60. The van der Waals surface area contributed by atoms with Crippen molar-refractivity contribution >= 4 is 11.9 Å². The molecule has 0 unspecified atom stereocenters. The van der Waals surface area contributed by atoms with Gasteiger partial charge in [0.1, 0.15) is 5.82 Å². The lowest BCUT2D eigenvalue weighted by Gasteiger charge is -2.12. The van der Waals surface area contributed by atoms with Crippen LogP contribution in [0.2, 0.25) is 0 Å². The van der Waals surface area contributed by atoms with Crippen molar-refractivity contribution in [2.24, 2.45) is 0 Å². The number of benzene rings is 1. The number of pyridine rings is 1. The maximum absolute atomic E-state index is 13.4. The van der Waals surface area contributed by atoms with Crippen LogP contribution in [0.1, 0.15) is 23.5 Å². The third-order valence-corrected chi connectivity index (χ3v) is 4.63. The molecule has 122 valence electrons. The highest BCUT2D eigenvalue weighted by Crippen LogP contribution is 2.45. The smallest absolute Gasteiger partial charge is 0.324 e. The minimum atomic E-state index is -0.307. The van der Waals surface area contributed by atoms with Crippen LogP contribution in [0.15, 0.2) is 36.5 Å². The monoisotopic (exact) mass is 325 g/mol. The number of nitrogens with zero attached hydrogens (tertiary/aromatic N) is 2. The van der Waals surface area contributed by atoms with E-state index in [0.717, 1.165) is 23.2 Å². The number of halogens is 1. The number of aryl methyl sites for hydroxylation is 1. The summed E-state index contributed by atoms with van der Waals surface area (Å²) in [6, 6.07) is 8.39. The number of imide groups is 1. The first kappa shape index (κ1) is 14.8. The zero-order valence-corrected chi connectivity index (χ0v) is 13.1. The second kappa shape index (κ2) is 5.40. The molecule has 1 N–H and O–H groups in total. The lowest BCUT2D eigenvalue weighted by molar-refractivity contribution is -0.125. The fourth-order valence-corrected chi connectivity index (χ4v) is 3.19. The summed E-state index contributed by atoms with van der Waals surface area (Å²) in [6.07, 6.45) is 2.55. The Balaban J connectivity index is 1.52. The molecule has 1 aromatic carbocycles. The van der Waals surface area contributed by atoms with Crippen LogP contribution in [0.25, 0.3) is 11.3 Å². The summed E-state index contributed by atoms with van der Waals surface area (Å²) in [7, 11) is 0. The number of rotatable bonds is 3. The molecule has 24 heavy (non-hydrogen) atoms. The molecule has 0 radical (unpaired) electrons. The number of hydrogen-bond donors (Lipinski definition) is 1. The average Bonchev–Trinajstić information content (AvgIpc) is 3.29. The van der Waals surface area contributed by atoms with E-state index in [2.05, 4.69) is 10.3 Å². The van der Waals surface area contributed by atoms with Gasteiger partial charge in [-0.25, -0.2) is 9.18 Å². The van der Waals surface area contributed by atoms with E-state index in [-0.39, 0.29) is 36.3 Å². The first-order valence-electron chi connectivity index (χ1n) is 7.87. The number of urea groups is 1. The summed E-state index contributed by atoms with van der Waals surface area (Å²) in [5.41, 5.74) is 3.23. The Bertz CT molecular complexity index is 819. The zero-order valence-electron chi connectivity index (χ0n) is 13.1. The highest BCUT2D eigenvalue weighted by Gasteiger charge is 2.49. The number of aromatic nitrogens is 1. The summed E-state index contributed by atoms with van der Waals surface area (Å²) in [4.78, 5) is 29.2. The molecule has 6 heteroatoms. The second-order valence-electron chi connectivity index (χ2n) is 6.27. The van der Waals surface area contributed by atoms with Gasteiger partial charge in [0.15, 0.2) is 0 Å². The maximum atomic E-state index is 13.4. The van der Waals surface area contributed by atoms with Crippen LogP contribution in [-0.2, 0) is 4.79 Å².